The van der Waals surface area contributed by atoms with Crippen LogP contribution in [0, 0.1) is 5.41 Å². The monoisotopic (exact) mass is 383 g/mol. The molecule has 1 heterocycles. The lowest BCUT2D eigenvalue weighted by Crippen LogP contribution is -2.40. The van der Waals surface area contributed by atoms with Gasteiger partial charge in [0.05, 0.1) is 5.41 Å². The van der Waals surface area contributed by atoms with Gasteiger partial charge in [-0.2, -0.15) is 0 Å². The van der Waals surface area contributed by atoms with Gasteiger partial charge < -0.3 is 14.7 Å². The molecule has 1 fully saturated rings. The molecule has 2 rings (SSSR count). The third kappa shape index (κ3) is 4.47. The summed E-state index contributed by atoms with van der Waals surface area (Å²) in [5, 5.41) is 9.74. The Hall–Kier alpha value is -1.56. The van der Waals surface area contributed by atoms with Crippen LogP contribution in [-0.2, 0) is 16.0 Å². The summed E-state index contributed by atoms with van der Waals surface area (Å²) in [6, 6.07) is 7.61. The quantitative estimate of drug-likeness (QED) is 0.863. The minimum atomic E-state index is -0.961. The fraction of sp³-hybridized carbons (Fsp3) is 0.529. The molecule has 1 unspecified atom stereocenters. The number of amides is 1. The van der Waals surface area contributed by atoms with Gasteiger partial charge in [0.15, 0.2) is 0 Å². The van der Waals surface area contributed by atoms with Crippen molar-refractivity contribution in [3.63, 3.8) is 0 Å². The third-order valence-corrected chi connectivity index (χ3v) is 4.38. The highest BCUT2D eigenvalue weighted by Crippen LogP contribution is 2.35. The minimum absolute atomic E-state index is 0.170. The van der Waals surface area contributed by atoms with Gasteiger partial charge in [-0.25, -0.2) is 4.79 Å². The van der Waals surface area contributed by atoms with Gasteiger partial charge in [0.25, 0.3) is 0 Å². The van der Waals surface area contributed by atoms with Crippen molar-refractivity contribution in [2.45, 2.75) is 39.2 Å². The first-order valence-electron chi connectivity index (χ1n) is 7.57. The highest BCUT2D eigenvalue weighted by atomic mass is 79.9. The van der Waals surface area contributed by atoms with E-state index in [4.69, 9.17) is 4.74 Å². The number of carbonyl (C=O) groups excluding carboxylic acids is 1. The second-order valence-electron chi connectivity index (χ2n) is 7.04. The van der Waals surface area contributed by atoms with E-state index in [-0.39, 0.29) is 6.54 Å². The van der Waals surface area contributed by atoms with Crippen molar-refractivity contribution in [2.24, 2.45) is 5.41 Å². The average Bonchev–Trinajstić information content (AvgIpc) is 2.82. The van der Waals surface area contributed by atoms with Crippen LogP contribution in [0.15, 0.2) is 28.7 Å². The smallest absolute Gasteiger partial charge is 0.410 e. The van der Waals surface area contributed by atoms with Crippen molar-refractivity contribution in [3.05, 3.63) is 34.3 Å². The van der Waals surface area contributed by atoms with Crippen LogP contribution in [0.5, 0.6) is 0 Å². The number of hydrogen-bond acceptors (Lipinski definition) is 3. The molecule has 1 N–H and O–H groups in total. The molecular weight excluding hydrogens is 362 g/mol. The van der Waals surface area contributed by atoms with Crippen LogP contribution in [-0.4, -0.2) is 40.8 Å². The van der Waals surface area contributed by atoms with Crippen molar-refractivity contribution >= 4 is 28.0 Å². The first-order valence-corrected chi connectivity index (χ1v) is 8.36. The van der Waals surface area contributed by atoms with Gasteiger partial charge in [-0.05, 0) is 51.3 Å². The number of hydrogen-bond donors (Lipinski definition) is 1. The van der Waals surface area contributed by atoms with E-state index in [0.29, 0.717) is 19.4 Å². The summed E-state index contributed by atoms with van der Waals surface area (Å²) in [7, 11) is 0. The van der Waals surface area contributed by atoms with Crippen molar-refractivity contribution in [2.75, 3.05) is 13.1 Å². The Morgan fingerprint density at radius 2 is 2.09 bits per heavy atom. The Kier molecular flexibility index (Phi) is 5.04. The first kappa shape index (κ1) is 17.8. The lowest BCUT2D eigenvalue weighted by Gasteiger charge is -2.27. The summed E-state index contributed by atoms with van der Waals surface area (Å²) in [5.41, 5.74) is -0.610. The topological polar surface area (TPSA) is 66.8 Å². The fourth-order valence-electron chi connectivity index (χ4n) is 2.79. The van der Waals surface area contributed by atoms with E-state index in [1.54, 1.807) is 20.8 Å². The molecule has 0 bridgehead atoms. The molecule has 23 heavy (non-hydrogen) atoms. The molecule has 0 aliphatic carbocycles. The zero-order valence-electron chi connectivity index (χ0n) is 13.6. The molecule has 1 aliphatic rings. The van der Waals surface area contributed by atoms with Crippen molar-refractivity contribution in [1.82, 2.24) is 4.90 Å². The van der Waals surface area contributed by atoms with Crippen LogP contribution in [0.1, 0.15) is 32.8 Å². The predicted octanol–water partition coefficient (Wildman–Crippen LogP) is 3.70. The number of carboxylic acid groups (broad SMARTS) is 1. The van der Waals surface area contributed by atoms with E-state index < -0.39 is 23.1 Å². The Morgan fingerprint density at radius 1 is 1.39 bits per heavy atom. The van der Waals surface area contributed by atoms with Crippen LogP contribution in [0.4, 0.5) is 4.79 Å². The van der Waals surface area contributed by atoms with Gasteiger partial charge in [-0.3, -0.25) is 4.79 Å². The summed E-state index contributed by atoms with van der Waals surface area (Å²) in [4.78, 5) is 25.6. The summed E-state index contributed by atoms with van der Waals surface area (Å²) in [5.74, 6) is -0.872. The molecule has 5 nitrogen and oxygen atoms in total. The van der Waals surface area contributed by atoms with Gasteiger partial charge in [0.2, 0.25) is 0 Å². The molecule has 1 aromatic carbocycles. The first-order chi connectivity index (χ1) is 10.6. The van der Waals surface area contributed by atoms with Gasteiger partial charge in [-0.15, -0.1) is 0 Å². The van der Waals surface area contributed by atoms with Crippen LogP contribution in [0.2, 0.25) is 0 Å². The second-order valence-corrected chi connectivity index (χ2v) is 7.96. The number of ether oxygens (including phenoxy) is 1. The number of aliphatic carboxylic acids is 1. The normalized spacial score (nSPS) is 21.3. The average molecular weight is 384 g/mol. The van der Waals surface area contributed by atoms with Crippen LogP contribution >= 0.6 is 15.9 Å². The maximum absolute atomic E-state index is 12.2. The molecule has 126 valence electrons. The van der Waals surface area contributed by atoms with Gasteiger partial charge in [-0.1, -0.05) is 28.1 Å². The summed E-state index contributed by atoms with van der Waals surface area (Å²) in [6.45, 7) is 5.96. The number of carbonyl (C=O) groups is 2. The SMILES string of the molecule is CC(C)(C)OC(=O)N1CCC(Cc2cccc(Br)c2)(C(=O)O)C1. The molecule has 1 atom stereocenters. The Labute approximate surface area is 144 Å². The maximum atomic E-state index is 12.2. The zero-order valence-corrected chi connectivity index (χ0v) is 15.2. The molecule has 0 aromatic heterocycles. The Morgan fingerprint density at radius 3 is 2.65 bits per heavy atom. The number of halogens is 1. The van der Waals surface area contributed by atoms with Crippen LogP contribution < -0.4 is 0 Å². The molecule has 0 saturated carbocycles. The highest BCUT2D eigenvalue weighted by molar-refractivity contribution is 9.10. The summed E-state index contributed by atoms with van der Waals surface area (Å²) >= 11 is 3.40. The maximum Gasteiger partial charge on any atom is 0.410 e. The largest absolute Gasteiger partial charge is 0.481 e. The van der Waals surface area contributed by atoms with E-state index in [9.17, 15) is 14.7 Å². The summed E-state index contributed by atoms with van der Waals surface area (Å²) in [6.07, 6.45) is 0.365. The van der Waals surface area contributed by atoms with E-state index in [2.05, 4.69) is 15.9 Å². The Bertz CT molecular complexity index is 611. The lowest BCUT2D eigenvalue weighted by molar-refractivity contribution is -0.148. The van der Waals surface area contributed by atoms with E-state index in [1.807, 2.05) is 24.3 Å². The number of benzene rings is 1. The number of carboxylic acids is 1. The van der Waals surface area contributed by atoms with Crippen LogP contribution in [0.3, 0.4) is 0 Å². The van der Waals surface area contributed by atoms with Gasteiger partial charge >= 0.3 is 12.1 Å². The number of likely N-dealkylation sites (tertiary alicyclic amines) is 1. The van der Waals surface area contributed by atoms with E-state index >= 15 is 0 Å². The van der Waals surface area contributed by atoms with E-state index in [0.717, 1.165) is 10.0 Å². The van der Waals surface area contributed by atoms with Gasteiger partial charge in [0, 0.05) is 17.6 Å². The van der Waals surface area contributed by atoms with Crippen molar-refractivity contribution < 1.29 is 19.4 Å². The molecule has 6 heteroatoms. The second kappa shape index (κ2) is 6.51. The number of nitrogens with zero attached hydrogens (tertiary/aromatic N) is 1. The molecular formula is C17H22BrNO4. The van der Waals surface area contributed by atoms with Crippen LogP contribution in [0.25, 0.3) is 0 Å². The van der Waals surface area contributed by atoms with Gasteiger partial charge in [0.1, 0.15) is 5.60 Å². The number of rotatable bonds is 3. The van der Waals surface area contributed by atoms with Crippen molar-refractivity contribution in [1.29, 1.82) is 0 Å². The molecule has 1 saturated heterocycles. The van der Waals surface area contributed by atoms with Crippen molar-refractivity contribution in [3.8, 4) is 0 Å². The lowest BCUT2D eigenvalue weighted by atomic mass is 9.81. The fourth-order valence-corrected chi connectivity index (χ4v) is 3.23. The highest BCUT2D eigenvalue weighted by Gasteiger charge is 2.47. The molecule has 0 radical (unpaired) electrons. The van der Waals surface area contributed by atoms with E-state index in [1.165, 1.54) is 4.90 Å². The molecule has 1 aliphatic heterocycles. The third-order valence-electron chi connectivity index (χ3n) is 3.89. The minimum Gasteiger partial charge on any atom is -0.481 e. The molecule has 1 aromatic rings. The zero-order chi connectivity index (χ0) is 17.3. The Balaban J connectivity index is 2.14. The predicted molar refractivity (Wildman–Crippen MR) is 90.3 cm³/mol. The molecule has 0 spiro atoms. The standard InChI is InChI=1S/C17H22BrNO4/c1-16(2,3)23-15(22)19-8-7-17(11-19,14(20)21)10-12-5-4-6-13(18)9-12/h4-6,9H,7-8,10-11H2,1-3H3,(H,20,21). The molecule has 1 amide bonds. The summed E-state index contributed by atoms with van der Waals surface area (Å²) < 4.78 is 6.26.